The molecule has 0 bridgehead atoms. The van der Waals surface area contributed by atoms with Gasteiger partial charge in [-0.3, -0.25) is 0 Å². The molecule has 0 aliphatic carbocycles. The molecule has 27 heavy (non-hydrogen) atoms. The molecule has 1 aromatic heterocycles. The Hall–Kier alpha value is -3.81. The third-order valence-corrected chi connectivity index (χ3v) is 3.54. The second-order valence-electron chi connectivity index (χ2n) is 5.40. The van der Waals surface area contributed by atoms with Crippen LogP contribution >= 0.6 is 0 Å². The van der Waals surface area contributed by atoms with Crippen molar-refractivity contribution in [2.75, 3.05) is 13.7 Å². The Morgan fingerprint density at radius 1 is 1.19 bits per heavy atom. The summed E-state index contributed by atoms with van der Waals surface area (Å²) in [6.07, 6.45) is 3.38. The van der Waals surface area contributed by atoms with Gasteiger partial charge in [0.2, 0.25) is 0 Å². The first kappa shape index (κ1) is 18.0. The minimum absolute atomic E-state index is 0.0540. The molecule has 3 rings (SSSR count). The molecule has 8 heteroatoms. The summed E-state index contributed by atoms with van der Waals surface area (Å²) in [5.41, 5.74) is 1.22. The van der Waals surface area contributed by atoms with Gasteiger partial charge in [-0.25, -0.2) is 4.79 Å². The van der Waals surface area contributed by atoms with Gasteiger partial charge in [-0.2, -0.15) is 4.98 Å². The standard InChI is InChI=1S/C19H16N2O6/c1-25-16-10-12(6-8-15(16)26-11-18(23)24)7-9-17-20-19(27-21-17)13-4-2-3-5-14(13)22/h2-10,22H,11H2,1H3,(H,23,24). The van der Waals surface area contributed by atoms with E-state index in [1.807, 2.05) is 0 Å². The average molecular weight is 368 g/mol. The summed E-state index contributed by atoms with van der Waals surface area (Å²) in [6, 6.07) is 11.7. The number of phenols is 1. The molecule has 2 N–H and O–H groups in total. The van der Waals surface area contributed by atoms with E-state index in [0.29, 0.717) is 22.9 Å². The lowest BCUT2D eigenvalue weighted by molar-refractivity contribution is -0.139. The van der Waals surface area contributed by atoms with E-state index in [1.165, 1.54) is 13.2 Å². The number of aliphatic carboxylic acids is 1. The maximum Gasteiger partial charge on any atom is 0.341 e. The number of aromatic nitrogens is 2. The van der Waals surface area contributed by atoms with E-state index in [-0.39, 0.29) is 11.6 Å². The van der Waals surface area contributed by atoms with E-state index in [9.17, 15) is 9.90 Å². The van der Waals surface area contributed by atoms with Crippen LogP contribution < -0.4 is 9.47 Å². The fraction of sp³-hybridized carbons (Fsp3) is 0.105. The molecule has 0 saturated carbocycles. The van der Waals surface area contributed by atoms with Gasteiger partial charge in [0, 0.05) is 0 Å². The van der Waals surface area contributed by atoms with Crippen molar-refractivity contribution in [2.45, 2.75) is 0 Å². The third kappa shape index (κ3) is 4.43. The predicted octanol–water partition coefficient (Wildman–Crippen LogP) is 3.08. The highest BCUT2D eigenvalue weighted by Gasteiger charge is 2.11. The zero-order valence-corrected chi connectivity index (χ0v) is 14.3. The lowest BCUT2D eigenvalue weighted by Crippen LogP contribution is -2.10. The van der Waals surface area contributed by atoms with Crippen LogP contribution in [0.1, 0.15) is 11.4 Å². The number of carbonyl (C=O) groups is 1. The molecule has 138 valence electrons. The number of methoxy groups -OCH3 is 1. The number of para-hydroxylation sites is 1. The summed E-state index contributed by atoms with van der Waals surface area (Å²) in [7, 11) is 1.47. The van der Waals surface area contributed by atoms with Crippen LogP contribution in [0.3, 0.4) is 0 Å². The first-order chi connectivity index (χ1) is 13.1. The second kappa shape index (κ2) is 8.05. The first-order valence-electron chi connectivity index (χ1n) is 7.89. The van der Waals surface area contributed by atoms with Gasteiger partial charge in [0.25, 0.3) is 5.89 Å². The van der Waals surface area contributed by atoms with Crippen LogP contribution in [0.2, 0.25) is 0 Å². The molecule has 1 heterocycles. The molecule has 0 aliphatic rings. The number of hydrogen-bond acceptors (Lipinski definition) is 7. The van der Waals surface area contributed by atoms with Gasteiger partial charge < -0.3 is 24.2 Å². The number of aromatic hydroxyl groups is 1. The Morgan fingerprint density at radius 2 is 2.00 bits per heavy atom. The topological polar surface area (TPSA) is 115 Å². The van der Waals surface area contributed by atoms with Crippen LogP contribution in [-0.2, 0) is 4.79 Å². The summed E-state index contributed by atoms with van der Waals surface area (Å²) >= 11 is 0. The number of rotatable bonds is 7. The van der Waals surface area contributed by atoms with E-state index < -0.39 is 12.6 Å². The van der Waals surface area contributed by atoms with Gasteiger partial charge in [0.15, 0.2) is 23.9 Å². The normalized spacial score (nSPS) is 10.9. The average Bonchev–Trinajstić information content (AvgIpc) is 3.14. The van der Waals surface area contributed by atoms with Gasteiger partial charge >= 0.3 is 5.97 Å². The quantitative estimate of drug-likeness (QED) is 0.654. The van der Waals surface area contributed by atoms with E-state index >= 15 is 0 Å². The molecule has 2 aromatic carbocycles. The molecule has 0 amide bonds. The van der Waals surface area contributed by atoms with Gasteiger partial charge in [-0.15, -0.1) is 0 Å². The fourth-order valence-corrected chi connectivity index (χ4v) is 2.28. The Morgan fingerprint density at radius 3 is 2.74 bits per heavy atom. The Kier molecular flexibility index (Phi) is 5.36. The predicted molar refractivity (Wildman–Crippen MR) is 96.5 cm³/mol. The molecule has 0 atom stereocenters. The molecule has 0 aliphatic heterocycles. The zero-order chi connectivity index (χ0) is 19.2. The van der Waals surface area contributed by atoms with E-state index in [1.54, 1.807) is 48.6 Å². The lowest BCUT2D eigenvalue weighted by Gasteiger charge is -2.09. The van der Waals surface area contributed by atoms with Gasteiger partial charge in [-0.05, 0) is 35.9 Å². The molecule has 0 saturated heterocycles. The number of phenolic OH excluding ortho intramolecular Hbond substituents is 1. The number of carboxylic acids is 1. The van der Waals surface area contributed by atoms with Crippen LogP contribution in [0.15, 0.2) is 47.0 Å². The van der Waals surface area contributed by atoms with Gasteiger partial charge in [0.05, 0.1) is 12.7 Å². The zero-order valence-electron chi connectivity index (χ0n) is 14.3. The molecule has 0 fully saturated rings. The van der Waals surface area contributed by atoms with E-state index in [0.717, 1.165) is 5.56 Å². The second-order valence-corrected chi connectivity index (χ2v) is 5.40. The Bertz CT molecular complexity index is 980. The molecule has 0 unspecified atom stereocenters. The first-order valence-corrected chi connectivity index (χ1v) is 7.89. The summed E-state index contributed by atoms with van der Waals surface area (Å²) in [4.78, 5) is 14.8. The SMILES string of the molecule is COc1cc(C=Cc2noc(-c3ccccc3O)n2)ccc1OCC(=O)O. The fourth-order valence-electron chi connectivity index (χ4n) is 2.28. The van der Waals surface area contributed by atoms with Gasteiger partial charge in [-0.1, -0.05) is 29.4 Å². The number of benzene rings is 2. The van der Waals surface area contributed by atoms with Crippen molar-refractivity contribution in [3.05, 3.63) is 53.9 Å². The number of ether oxygens (including phenoxy) is 2. The van der Waals surface area contributed by atoms with Crippen LogP contribution in [0.25, 0.3) is 23.6 Å². The minimum Gasteiger partial charge on any atom is -0.507 e. The van der Waals surface area contributed by atoms with Crippen LogP contribution in [-0.4, -0.2) is 40.0 Å². The lowest BCUT2D eigenvalue weighted by atomic mass is 10.2. The van der Waals surface area contributed by atoms with Crippen LogP contribution in [0.4, 0.5) is 0 Å². The Balaban J connectivity index is 1.76. The van der Waals surface area contributed by atoms with Crippen molar-refractivity contribution >= 4 is 18.1 Å². The molecule has 0 radical (unpaired) electrons. The van der Waals surface area contributed by atoms with Crippen molar-refractivity contribution in [1.29, 1.82) is 0 Å². The third-order valence-electron chi connectivity index (χ3n) is 3.54. The monoisotopic (exact) mass is 368 g/mol. The van der Waals surface area contributed by atoms with Crippen molar-refractivity contribution in [3.8, 4) is 28.7 Å². The van der Waals surface area contributed by atoms with Crippen molar-refractivity contribution < 1.29 is 29.0 Å². The van der Waals surface area contributed by atoms with Crippen molar-refractivity contribution in [1.82, 2.24) is 10.1 Å². The number of nitrogens with zero attached hydrogens (tertiary/aromatic N) is 2. The maximum absolute atomic E-state index is 10.6. The highest BCUT2D eigenvalue weighted by atomic mass is 16.5. The van der Waals surface area contributed by atoms with E-state index in [2.05, 4.69) is 10.1 Å². The summed E-state index contributed by atoms with van der Waals surface area (Å²) < 4.78 is 15.5. The van der Waals surface area contributed by atoms with Crippen LogP contribution in [0, 0.1) is 0 Å². The van der Waals surface area contributed by atoms with Gasteiger partial charge in [0.1, 0.15) is 5.75 Å². The van der Waals surface area contributed by atoms with Crippen LogP contribution in [0.5, 0.6) is 17.2 Å². The Labute approximate surface area is 154 Å². The molecular weight excluding hydrogens is 352 g/mol. The molecule has 3 aromatic rings. The summed E-state index contributed by atoms with van der Waals surface area (Å²) in [6.45, 7) is -0.455. The summed E-state index contributed by atoms with van der Waals surface area (Å²) in [5, 5.41) is 22.4. The number of hydrogen-bond donors (Lipinski definition) is 2. The van der Waals surface area contributed by atoms with E-state index in [4.69, 9.17) is 19.1 Å². The summed E-state index contributed by atoms with van der Waals surface area (Å²) in [5.74, 6) is 0.262. The largest absolute Gasteiger partial charge is 0.507 e. The minimum atomic E-state index is -1.07. The molecule has 0 spiro atoms. The maximum atomic E-state index is 10.6. The van der Waals surface area contributed by atoms with Crippen molar-refractivity contribution in [3.63, 3.8) is 0 Å². The van der Waals surface area contributed by atoms with Crippen molar-refractivity contribution in [2.24, 2.45) is 0 Å². The molecular formula is C19H16N2O6. The molecule has 8 nitrogen and oxygen atoms in total. The highest BCUT2D eigenvalue weighted by molar-refractivity contribution is 5.70. The number of carboxylic acid groups (broad SMARTS) is 1. The smallest absolute Gasteiger partial charge is 0.341 e. The highest BCUT2D eigenvalue weighted by Crippen LogP contribution is 2.29.